The van der Waals surface area contributed by atoms with Gasteiger partial charge in [-0.15, -0.1) is 0 Å². The molecule has 0 fully saturated rings. The van der Waals surface area contributed by atoms with Crippen molar-refractivity contribution in [2.45, 2.75) is 76.5 Å². The first kappa shape index (κ1) is 33.0. The predicted octanol–water partition coefficient (Wildman–Crippen LogP) is -2.71. The number of rotatable bonds is 18. The van der Waals surface area contributed by atoms with E-state index in [1.807, 2.05) is 12.2 Å². The maximum absolute atomic E-state index is 13.0. The molecule has 0 bridgehead atoms. The van der Waals surface area contributed by atoms with Crippen LogP contribution in [0.25, 0.3) is 0 Å². The van der Waals surface area contributed by atoms with Crippen LogP contribution < -0.4 is 33.2 Å². The van der Waals surface area contributed by atoms with Crippen molar-refractivity contribution in [3.8, 4) is 0 Å². The highest BCUT2D eigenvalue weighted by atomic mass is 16.4. The van der Waals surface area contributed by atoms with E-state index in [0.717, 1.165) is 0 Å². The van der Waals surface area contributed by atoms with Gasteiger partial charge in [0, 0.05) is 13.0 Å². The highest BCUT2D eigenvalue weighted by Crippen LogP contribution is 2.08. The second-order valence-corrected chi connectivity index (χ2v) is 8.41. The summed E-state index contributed by atoms with van der Waals surface area (Å²) in [7, 11) is 0. The number of amides is 3. The van der Waals surface area contributed by atoms with E-state index in [-0.39, 0.29) is 31.3 Å². The number of carboxylic acid groups (broad SMARTS) is 3. The molecule has 0 spiro atoms. The molecule has 0 aromatic rings. The zero-order valence-electron chi connectivity index (χ0n) is 20.8. The molecular formula is C21H37N7O9. The summed E-state index contributed by atoms with van der Waals surface area (Å²) in [6, 6.07) is -5.55. The average Bonchev–Trinajstić information content (AvgIpc) is 2.80. The fourth-order valence-corrected chi connectivity index (χ4v) is 3.01. The molecule has 0 aliphatic rings. The van der Waals surface area contributed by atoms with Crippen LogP contribution in [-0.4, -0.2) is 87.6 Å². The summed E-state index contributed by atoms with van der Waals surface area (Å²) in [5.74, 6) is -7.44. The van der Waals surface area contributed by atoms with Gasteiger partial charge in [-0.25, -0.2) is 4.79 Å². The van der Waals surface area contributed by atoms with Crippen LogP contribution in [-0.2, 0) is 28.8 Å². The fourth-order valence-electron chi connectivity index (χ4n) is 3.01. The van der Waals surface area contributed by atoms with E-state index < -0.39 is 79.1 Å². The number of nitrogens with one attached hydrogen (secondary N) is 3. The number of carboxylic acids is 3. The molecule has 0 radical (unpaired) electrons. The lowest BCUT2D eigenvalue weighted by Gasteiger charge is -2.25. The van der Waals surface area contributed by atoms with Crippen LogP contribution in [0.1, 0.15) is 52.4 Å². The standard InChI is InChI=1S/C21H37N7O9/c1-3-10(2)16(22)19(35)26-11(5-4-8-25-21(23)24)17(33)28-13(9-15(31)32)18(34)27-12(20(36)37)6-7-14(29)30/h10-13,16H,3-9,22H2,1-2H3,(H,26,35)(H,27,34)(H,28,33)(H,29,30)(H,31,32)(H,36,37)(H4,23,24,25). The number of nitrogens with zero attached hydrogens (tertiary/aromatic N) is 1. The van der Waals surface area contributed by atoms with E-state index in [9.17, 15) is 39.0 Å². The van der Waals surface area contributed by atoms with Gasteiger partial charge in [-0.1, -0.05) is 20.3 Å². The van der Waals surface area contributed by atoms with E-state index >= 15 is 0 Å². The number of aliphatic imine (C=N–C) groups is 1. The second-order valence-electron chi connectivity index (χ2n) is 8.41. The van der Waals surface area contributed by atoms with Gasteiger partial charge in [0.1, 0.15) is 18.1 Å². The zero-order valence-corrected chi connectivity index (χ0v) is 20.8. The Balaban J connectivity index is 5.68. The summed E-state index contributed by atoms with van der Waals surface area (Å²) in [6.07, 6.45) is -1.15. The number of carbonyl (C=O) groups is 6. The summed E-state index contributed by atoms with van der Waals surface area (Å²) in [5.41, 5.74) is 16.5. The molecule has 210 valence electrons. The lowest BCUT2D eigenvalue weighted by atomic mass is 9.98. The first-order valence-electron chi connectivity index (χ1n) is 11.6. The topological polar surface area (TPSA) is 290 Å². The Morgan fingerprint density at radius 3 is 1.84 bits per heavy atom. The fraction of sp³-hybridized carbons (Fsp3) is 0.667. The minimum Gasteiger partial charge on any atom is -0.481 e. The van der Waals surface area contributed by atoms with Gasteiger partial charge in [-0.2, -0.15) is 0 Å². The summed E-state index contributed by atoms with van der Waals surface area (Å²) in [5, 5.41) is 33.9. The second kappa shape index (κ2) is 16.7. The van der Waals surface area contributed by atoms with Gasteiger partial charge in [0.25, 0.3) is 0 Å². The van der Waals surface area contributed by atoms with Crippen molar-refractivity contribution in [3.05, 3.63) is 0 Å². The van der Waals surface area contributed by atoms with Crippen LogP contribution in [0, 0.1) is 5.92 Å². The molecule has 0 heterocycles. The number of hydrogen-bond acceptors (Lipinski definition) is 8. The Morgan fingerprint density at radius 2 is 1.35 bits per heavy atom. The van der Waals surface area contributed by atoms with Crippen LogP contribution in [0.2, 0.25) is 0 Å². The molecule has 0 aromatic carbocycles. The molecule has 16 nitrogen and oxygen atoms in total. The van der Waals surface area contributed by atoms with E-state index in [4.69, 9.17) is 22.3 Å². The normalized spacial score (nSPS) is 14.7. The quantitative estimate of drug-likeness (QED) is 0.0495. The third-order valence-electron chi connectivity index (χ3n) is 5.41. The molecular weight excluding hydrogens is 494 g/mol. The van der Waals surface area contributed by atoms with Crippen LogP contribution in [0.15, 0.2) is 4.99 Å². The Morgan fingerprint density at radius 1 is 0.811 bits per heavy atom. The predicted molar refractivity (Wildman–Crippen MR) is 130 cm³/mol. The third-order valence-corrected chi connectivity index (χ3v) is 5.41. The molecule has 16 heteroatoms. The highest BCUT2D eigenvalue weighted by Gasteiger charge is 2.32. The van der Waals surface area contributed by atoms with Crippen molar-refractivity contribution >= 4 is 41.6 Å². The molecule has 0 rings (SSSR count). The maximum atomic E-state index is 13.0. The van der Waals surface area contributed by atoms with Gasteiger partial charge < -0.3 is 48.5 Å². The molecule has 12 N–H and O–H groups in total. The molecule has 0 saturated heterocycles. The number of aliphatic carboxylic acids is 3. The molecule has 5 unspecified atom stereocenters. The van der Waals surface area contributed by atoms with Crippen molar-refractivity contribution in [2.24, 2.45) is 28.1 Å². The van der Waals surface area contributed by atoms with Crippen molar-refractivity contribution in [2.75, 3.05) is 6.54 Å². The van der Waals surface area contributed by atoms with E-state index in [1.54, 1.807) is 6.92 Å². The lowest BCUT2D eigenvalue weighted by Crippen LogP contribution is -2.58. The number of nitrogens with two attached hydrogens (primary N) is 3. The number of guanidine groups is 1. The molecule has 0 aliphatic heterocycles. The van der Waals surface area contributed by atoms with E-state index in [0.29, 0.717) is 6.42 Å². The van der Waals surface area contributed by atoms with Crippen LogP contribution >= 0.6 is 0 Å². The highest BCUT2D eigenvalue weighted by molar-refractivity contribution is 5.95. The van der Waals surface area contributed by atoms with Crippen LogP contribution in [0.4, 0.5) is 0 Å². The lowest BCUT2D eigenvalue weighted by molar-refractivity contribution is -0.144. The Bertz CT molecular complexity index is 861. The zero-order chi connectivity index (χ0) is 28.7. The summed E-state index contributed by atoms with van der Waals surface area (Å²) in [4.78, 5) is 75.4. The van der Waals surface area contributed by atoms with E-state index in [1.165, 1.54) is 0 Å². The van der Waals surface area contributed by atoms with Gasteiger partial charge >= 0.3 is 17.9 Å². The van der Waals surface area contributed by atoms with Crippen LogP contribution in [0.3, 0.4) is 0 Å². The van der Waals surface area contributed by atoms with Crippen molar-refractivity contribution in [3.63, 3.8) is 0 Å². The van der Waals surface area contributed by atoms with Gasteiger partial charge in [0.05, 0.1) is 12.5 Å². The largest absolute Gasteiger partial charge is 0.481 e. The molecule has 3 amide bonds. The Labute approximate surface area is 213 Å². The maximum Gasteiger partial charge on any atom is 0.326 e. The molecule has 37 heavy (non-hydrogen) atoms. The Hall–Kier alpha value is -3.95. The first-order valence-corrected chi connectivity index (χ1v) is 11.6. The van der Waals surface area contributed by atoms with Gasteiger partial charge in [-0.3, -0.25) is 29.0 Å². The average molecular weight is 532 g/mol. The SMILES string of the molecule is CCC(C)C(N)C(=O)NC(CCCN=C(N)N)C(=O)NC(CC(=O)O)C(=O)NC(CCC(=O)O)C(=O)O. The first-order chi connectivity index (χ1) is 17.2. The third kappa shape index (κ3) is 13.6. The Kier molecular flexibility index (Phi) is 14.9. The smallest absolute Gasteiger partial charge is 0.326 e. The molecule has 0 aliphatic carbocycles. The van der Waals surface area contributed by atoms with Crippen LogP contribution in [0.5, 0.6) is 0 Å². The van der Waals surface area contributed by atoms with Crippen molar-refractivity contribution in [1.29, 1.82) is 0 Å². The van der Waals surface area contributed by atoms with E-state index in [2.05, 4.69) is 15.6 Å². The summed E-state index contributed by atoms with van der Waals surface area (Å²) in [6.45, 7) is 3.68. The monoisotopic (exact) mass is 531 g/mol. The number of carbonyl (C=O) groups excluding carboxylic acids is 3. The molecule has 0 aromatic heterocycles. The molecule has 5 atom stereocenters. The van der Waals surface area contributed by atoms with Crippen molar-refractivity contribution in [1.82, 2.24) is 16.0 Å². The van der Waals surface area contributed by atoms with Gasteiger partial charge in [0.2, 0.25) is 17.7 Å². The van der Waals surface area contributed by atoms with Gasteiger partial charge in [-0.05, 0) is 25.2 Å². The number of hydrogen-bond donors (Lipinski definition) is 9. The summed E-state index contributed by atoms with van der Waals surface area (Å²) >= 11 is 0. The minimum atomic E-state index is -1.72. The van der Waals surface area contributed by atoms with Crippen molar-refractivity contribution < 1.29 is 44.1 Å². The minimum absolute atomic E-state index is 0.000643. The molecule has 0 saturated carbocycles. The van der Waals surface area contributed by atoms with Gasteiger partial charge in [0.15, 0.2) is 5.96 Å². The summed E-state index contributed by atoms with van der Waals surface area (Å²) < 4.78 is 0.